The molecule has 1 atom stereocenters. The summed E-state index contributed by atoms with van der Waals surface area (Å²) in [6.45, 7) is 4.22. The van der Waals surface area contributed by atoms with Crippen LogP contribution >= 0.6 is 0 Å². The molecule has 1 unspecified atom stereocenters. The predicted octanol–water partition coefficient (Wildman–Crippen LogP) is 0.351. The van der Waals surface area contributed by atoms with E-state index in [1.54, 1.807) is 6.08 Å². The predicted molar refractivity (Wildman–Crippen MR) is 59.3 cm³/mol. The Morgan fingerprint density at radius 3 is 2.75 bits per heavy atom. The number of hydrogen-bond acceptors (Lipinski definition) is 3. The first-order chi connectivity index (χ1) is 7.61. The van der Waals surface area contributed by atoms with Gasteiger partial charge < -0.3 is 20.5 Å². The lowest BCUT2D eigenvalue weighted by Gasteiger charge is -2.14. The summed E-state index contributed by atoms with van der Waals surface area (Å²) in [6, 6.07) is -1.42. The van der Waals surface area contributed by atoms with E-state index in [0.717, 1.165) is 0 Å². The zero-order valence-corrected chi connectivity index (χ0v) is 9.36. The van der Waals surface area contributed by atoms with Crippen LogP contribution in [0.5, 0.6) is 0 Å². The molecular weight excluding hydrogens is 212 g/mol. The van der Waals surface area contributed by atoms with Crippen molar-refractivity contribution in [2.45, 2.75) is 18.9 Å². The lowest BCUT2D eigenvalue weighted by atomic mass is 10.2. The van der Waals surface area contributed by atoms with Gasteiger partial charge in [0, 0.05) is 26.7 Å². The van der Waals surface area contributed by atoms with Gasteiger partial charge in [-0.1, -0.05) is 6.08 Å². The molecule has 0 aromatic rings. The van der Waals surface area contributed by atoms with E-state index in [9.17, 15) is 9.59 Å². The minimum absolute atomic E-state index is 0.237. The molecule has 0 fully saturated rings. The second-order valence-corrected chi connectivity index (χ2v) is 3.15. The number of methoxy groups -OCH3 is 1. The van der Waals surface area contributed by atoms with Crippen LogP contribution in [0, 0.1) is 0 Å². The van der Waals surface area contributed by atoms with Crippen LogP contribution in [0.2, 0.25) is 0 Å². The van der Waals surface area contributed by atoms with E-state index in [2.05, 4.69) is 17.2 Å². The van der Waals surface area contributed by atoms with E-state index in [1.807, 2.05) is 0 Å². The summed E-state index contributed by atoms with van der Waals surface area (Å²) >= 11 is 0. The number of urea groups is 1. The maximum absolute atomic E-state index is 11.2. The second-order valence-electron chi connectivity index (χ2n) is 3.15. The Kier molecular flexibility index (Phi) is 7.87. The van der Waals surface area contributed by atoms with Gasteiger partial charge in [0.25, 0.3) is 0 Å². The number of nitrogens with one attached hydrogen (secondary N) is 2. The summed E-state index contributed by atoms with van der Waals surface area (Å²) in [7, 11) is 1.48. The Hall–Kier alpha value is -1.56. The minimum atomic E-state index is -1.07. The highest BCUT2D eigenvalue weighted by Gasteiger charge is 2.18. The summed E-state index contributed by atoms with van der Waals surface area (Å²) < 4.78 is 4.75. The molecule has 0 spiro atoms. The Bertz CT molecular complexity index is 243. The molecule has 0 saturated carbocycles. The third-order valence-corrected chi connectivity index (χ3v) is 1.85. The molecule has 92 valence electrons. The van der Waals surface area contributed by atoms with Crippen molar-refractivity contribution < 1.29 is 19.4 Å². The van der Waals surface area contributed by atoms with Crippen LogP contribution in [0.1, 0.15) is 12.8 Å². The molecular formula is C10H18N2O4. The molecule has 6 nitrogen and oxygen atoms in total. The number of rotatable bonds is 8. The van der Waals surface area contributed by atoms with Crippen molar-refractivity contribution in [2.24, 2.45) is 0 Å². The molecule has 16 heavy (non-hydrogen) atoms. The third-order valence-electron chi connectivity index (χ3n) is 1.85. The van der Waals surface area contributed by atoms with E-state index in [1.165, 1.54) is 7.11 Å². The van der Waals surface area contributed by atoms with Crippen molar-refractivity contribution in [3.05, 3.63) is 12.7 Å². The maximum Gasteiger partial charge on any atom is 0.326 e. The number of carboxylic acid groups (broad SMARTS) is 1. The highest BCUT2D eigenvalue weighted by atomic mass is 16.5. The first-order valence-corrected chi connectivity index (χ1v) is 4.98. The normalized spacial score (nSPS) is 11.6. The molecule has 0 aliphatic heterocycles. The van der Waals surface area contributed by atoms with Gasteiger partial charge in [0.2, 0.25) is 0 Å². The zero-order valence-electron chi connectivity index (χ0n) is 9.36. The van der Waals surface area contributed by atoms with Crippen molar-refractivity contribution in [3.63, 3.8) is 0 Å². The van der Waals surface area contributed by atoms with Crippen LogP contribution in [0.15, 0.2) is 12.7 Å². The van der Waals surface area contributed by atoms with Crippen LogP contribution in [0.4, 0.5) is 4.79 Å². The first-order valence-electron chi connectivity index (χ1n) is 4.98. The van der Waals surface area contributed by atoms with Crippen LogP contribution in [-0.2, 0) is 9.53 Å². The molecule has 0 aliphatic carbocycles. The number of ether oxygens (including phenoxy) is 1. The number of aliphatic carboxylic acids is 1. The van der Waals surface area contributed by atoms with Gasteiger partial charge in [-0.2, -0.15) is 0 Å². The standard InChI is InChI=1S/C10H18N2O4/c1-3-4-6-11-10(15)12-8(9(13)14)5-7-16-2/h3,8H,1,4-7H2,2H3,(H,13,14)(H2,11,12,15). The van der Waals surface area contributed by atoms with Gasteiger partial charge in [-0.25, -0.2) is 9.59 Å². The highest BCUT2D eigenvalue weighted by Crippen LogP contribution is 1.93. The van der Waals surface area contributed by atoms with Crippen LogP contribution < -0.4 is 10.6 Å². The van der Waals surface area contributed by atoms with E-state index in [-0.39, 0.29) is 13.0 Å². The van der Waals surface area contributed by atoms with Crippen LogP contribution in [0.25, 0.3) is 0 Å². The van der Waals surface area contributed by atoms with E-state index in [4.69, 9.17) is 9.84 Å². The molecule has 0 aromatic heterocycles. The Balaban J connectivity index is 3.92. The molecule has 6 heteroatoms. The van der Waals surface area contributed by atoms with Crippen molar-refractivity contribution in [1.82, 2.24) is 10.6 Å². The average Bonchev–Trinajstić information content (AvgIpc) is 2.24. The summed E-state index contributed by atoms with van der Waals surface area (Å²) in [5.74, 6) is -1.07. The average molecular weight is 230 g/mol. The molecule has 2 amide bonds. The topological polar surface area (TPSA) is 87.7 Å². The van der Waals surface area contributed by atoms with Crippen LogP contribution in [-0.4, -0.2) is 43.4 Å². The molecule has 0 bridgehead atoms. The number of hydrogen-bond donors (Lipinski definition) is 3. The van der Waals surface area contributed by atoms with Crippen molar-refractivity contribution in [3.8, 4) is 0 Å². The fraction of sp³-hybridized carbons (Fsp3) is 0.600. The van der Waals surface area contributed by atoms with Gasteiger partial charge in [-0.15, -0.1) is 6.58 Å². The molecule has 0 aliphatic rings. The Morgan fingerprint density at radius 1 is 1.56 bits per heavy atom. The fourth-order valence-electron chi connectivity index (χ4n) is 0.990. The minimum Gasteiger partial charge on any atom is -0.480 e. The van der Waals surface area contributed by atoms with Gasteiger partial charge >= 0.3 is 12.0 Å². The quantitative estimate of drug-likeness (QED) is 0.415. The van der Waals surface area contributed by atoms with Crippen LogP contribution in [0.3, 0.4) is 0 Å². The lowest BCUT2D eigenvalue weighted by molar-refractivity contribution is -0.139. The number of carbonyl (C=O) groups is 2. The summed E-state index contributed by atoms with van der Waals surface area (Å²) in [4.78, 5) is 22.0. The van der Waals surface area contributed by atoms with Crippen molar-refractivity contribution in [1.29, 1.82) is 0 Å². The molecule has 0 radical (unpaired) electrons. The smallest absolute Gasteiger partial charge is 0.326 e. The van der Waals surface area contributed by atoms with Gasteiger partial charge in [0.05, 0.1) is 0 Å². The zero-order chi connectivity index (χ0) is 12.4. The number of carbonyl (C=O) groups excluding carboxylic acids is 1. The fourth-order valence-corrected chi connectivity index (χ4v) is 0.990. The summed E-state index contributed by atoms with van der Waals surface area (Å²) in [6.07, 6.45) is 2.55. The van der Waals surface area contributed by atoms with E-state index in [0.29, 0.717) is 13.0 Å². The highest BCUT2D eigenvalue weighted by molar-refractivity contribution is 5.82. The van der Waals surface area contributed by atoms with Crippen molar-refractivity contribution >= 4 is 12.0 Å². The lowest BCUT2D eigenvalue weighted by Crippen LogP contribution is -2.46. The first kappa shape index (κ1) is 14.4. The molecule has 0 rings (SSSR count). The monoisotopic (exact) mass is 230 g/mol. The molecule has 0 heterocycles. The van der Waals surface area contributed by atoms with Gasteiger partial charge in [0.1, 0.15) is 6.04 Å². The molecule has 0 saturated heterocycles. The van der Waals surface area contributed by atoms with Gasteiger partial charge in [-0.05, 0) is 6.42 Å². The Morgan fingerprint density at radius 2 is 2.25 bits per heavy atom. The van der Waals surface area contributed by atoms with E-state index >= 15 is 0 Å². The summed E-state index contributed by atoms with van der Waals surface area (Å²) in [5.41, 5.74) is 0. The Labute approximate surface area is 94.7 Å². The SMILES string of the molecule is C=CCCNC(=O)NC(CCOC)C(=O)O. The third kappa shape index (κ3) is 6.83. The van der Waals surface area contributed by atoms with Crippen molar-refractivity contribution in [2.75, 3.05) is 20.3 Å². The largest absolute Gasteiger partial charge is 0.480 e. The van der Waals surface area contributed by atoms with E-state index < -0.39 is 18.0 Å². The molecule has 0 aromatic carbocycles. The number of carboxylic acids is 1. The molecule has 3 N–H and O–H groups in total. The maximum atomic E-state index is 11.2. The van der Waals surface area contributed by atoms with Gasteiger partial charge in [0.15, 0.2) is 0 Å². The summed E-state index contributed by atoms with van der Waals surface area (Å²) in [5, 5.41) is 13.7. The number of amides is 2. The second kappa shape index (κ2) is 8.72. The van der Waals surface area contributed by atoms with Gasteiger partial charge in [-0.3, -0.25) is 0 Å².